The number of aliphatic hydroxyl groups excluding tert-OH is 3. The molecule has 0 aliphatic heterocycles. The molecule has 0 aromatic carbocycles. The van der Waals surface area contributed by atoms with Gasteiger partial charge in [0.15, 0.2) is 0 Å². The van der Waals surface area contributed by atoms with Crippen LogP contribution in [0.5, 0.6) is 0 Å². The Bertz CT molecular complexity index is 113. The molecule has 0 rings (SSSR count). The van der Waals surface area contributed by atoms with E-state index in [1.807, 2.05) is 0 Å². The van der Waals surface area contributed by atoms with Gasteiger partial charge in [0.2, 0.25) is 5.91 Å². The largest absolute Gasteiger partial charge is 0.395 e. The summed E-state index contributed by atoms with van der Waals surface area (Å²) < 4.78 is 0. The molecule has 11 heavy (non-hydrogen) atoms. The molecular weight excluding hydrogens is 150 g/mol. The van der Waals surface area contributed by atoms with Crippen molar-refractivity contribution in [2.24, 2.45) is 5.92 Å². The summed E-state index contributed by atoms with van der Waals surface area (Å²) in [5.74, 6) is -1.22. The molecular formula is C6H13NO4. The molecule has 0 aromatic rings. The first-order chi connectivity index (χ1) is 5.26. The van der Waals surface area contributed by atoms with Crippen LogP contribution in [0.2, 0.25) is 0 Å². The fourth-order valence-corrected chi connectivity index (χ4v) is 0.547. The second kappa shape index (κ2) is 6.09. The molecule has 0 spiro atoms. The number of aliphatic hydroxyl groups is 3. The smallest absolute Gasteiger partial charge is 0.227 e. The predicted octanol–water partition coefficient (Wildman–Crippen LogP) is -2.30. The van der Waals surface area contributed by atoms with E-state index in [0.29, 0.717) is 0 Å². The summed E-state index contributed by atoms with van der Waals surface area (Å²) >= 11 is 0. The molecule has 0 radical (unpaired) electrons. The van der Waals surface area contributed by atoms with Crippen LogP contribution < -0.4 is 5.32 Å². The van der Waals surface area contributed by atoms with Crippen LogP contribution in [-0.2, 0) is 4.79 Å². The maximum Gasteiger partial charge on any atom is 0.227 e. The number of carbonyl (C=O) groups excluding carboxylic acids is 1. The lowest BCUT2D eigenvalue weighted by Crippen LogP contribution is -2.36. The van der Waals surface area contributed by atoms with Crippen molar-refractivity contribution in [3.8, 4) is 0 Å². The number of amides is 1. The first-order valence-electron chi connectivity index (χ1n) is 3.36. The molecule has 5 heteroatoms. The number of rotatable bonds is 5. The summed E-state index contributed by atoms with van der Waals surface area (Å²) in [5, 5.41) is 27.7. The molecule has 0 aliphatic carbocycles. The third kappa shape index (κ3) is 3.92. The zero-order chi connectivity index (χ0) is 8.69. The number of hydrogen-bond donors (Lipinski definition) is 4. The van der Waals surface area contributed by atoms with Gasteiger partial charge in [0.1, 0.15) is 0 Å². The third-order valence-electron chi connectivity index (χ3n) is 1.22. The Kier molecular flexibility index (Phi) is 5.73. The molecule has 5 nitrogen and oxygen atoms in total. The van der Waals surface area contributed by atoms with Crippen LogP contribution in [-0.4, -0.2) is 47.6 Å². The molecule has 0 bridgehead atoms. The third-order valence-corrected chi connectivity index (χ3v) is 1.22. The lowest BCUT2D eigenvalue weighted by Gasteiger charge is -2.09. The van der Waals surface area contributed by atoms with Gasteiger partial charge < -0.3 is 20.6 Å². The van der Waals surface area contributed by atoms with Gasteiger partial charge in [-0.1, -0.05) is 0 Å². The summed E-state index contributed by atoms with van der Waals surface area (Å²) in [4.78, 5) is 10.8. The van der Waals surface area contributed by atoms with Gasteiger partial charge in [0.25, 0.3) is 0 Å². The highest BCUT2D eigenvalue weighted by Gasteiger charge is 2.14. The Morgan fingerprint density at radius 2 is 1.82 bits per heavy atom. The van der Waals surface area contributed by atoms with Gasteiger partial charge in [0, 0.05) is 6.54 Å². The topological polar surface area (TPSA) is 89.8 Å². The molecule has 0 atom stereocenters. The highest BCUT2D eigenvalue weighted by Crippen LogP contribution is 1.91. The van der Waals surface area contributed by atoms with Crippen LogP contribution >= 0.6 is 0 Å². The van der Waals surface area contributed by atoms with Gasteiger partial charge in [-0.25, -0.2) is 0 Å². The van der Waals surface area contributed by atoms with Crippen molar-refractivity contribution in [3.05, 3.63) is 0 Å². The summed E-state index contributed by atoms with van der Waals surface area (Å²) in [6, 6.07) is 0. The van der Waals surface area contributed by atoms with Crippen molar-refractivity contribution in [1.82, 2.24) is 5.32 Å². The molecule has 0 saturated heterocycles. The minimum absolute atomic E-state index is 0.144. The maximum absolute atomic E-state index is 10.8. The molecule has 1 amide bonds. The van der Waals surface area contributed by atoms with Gasteiger partial charge in [-0.3, -0.25) is 4.79 Å². The van der Waals surface area contributed by atoms with Gasteiger partial charge >= 0.3 is 0 Å². The fourth-order valence-electron chi connectivity index (χ4n) is 0.547. The fraction of sp³-hybridized carbons (Fsp3) is 0.833. The highest BCUT2D eigenvalue weighted by molar-refractivity contribution is 5.78. The van der Waals surface area contributed by atoms with E-state index in [-0.39, 0.29) is 26.4 Å². The molecule has 0 aromatic heterocycles. The molecule has 0 aliphatic rings. The first kappa shape index (κ1) is 10.3. The Labute approximate surface area is 64.7 Å². The Morgan fingerprint density at radius 3 is 2.18 bits per heavy atom. The molecule has 0 fully saturated rings. The van der Waals surface area contributed by atoms with Gasteiger partial charge in [0.05, 0.1) is 25.7 Å². The average molecular weight is 163 g/mol. The predicted molar refractivity (Wildman–Crippen MR) is 37.8 cm³/mol. The molecule has 66 valence electrons. The summed E-state index contributed by atoms with van der Waals surface area (Å²) in [6.07, 6.45) is 0. The standard InChI is InChI=1S/C6H13NO4/c8-2-1-7-6(11)5(3-9)4-10/h5,8-10H,1-4H2,(H,7,11). The van der Waals surface area contributed by atoms with E-state index in [2.05, 4.69) is 5.32 Å². The molecule has 0 heterocycles. The van der Waals surface area contributed by atoms with Gasteiger partial charge in [-0.05, 0) is 0 Å². The van der Waals surface area contributed by atoms with Crippen LogP contribution in [0, 0.1) is 5.92 Å². The van der Waals surface area contributed by atoms with E-state index < -0.39 is 11.8 Å². The number of nitrogens with one attached hydrogen (secondary N) is 1. The van der Waals surface area contributed by atoms with Gasteiger partial charge in [-0.2, -0.15) is 0 Å². The number of carbonyl (C=O) groups is 1. The summed E-state index contributed by atoms with van der Waals surface area (Å²) in [5.41, 5.74) is 0. The van der Waals surface area contributed by atoms with E-state index in [4.69, 9.17) is 15.3 Å². The lowest BCUT2D eigenvalue weighted by atomic mass is 10.1. The zero-order valence-corrected chi connectivity index (χ0v) is 6.16. The van der Waals surface area contributed by atoms with E-state index in [1.54, 1.807) is 0 Å². The van der Waals surface area contributed by atoms with Crippen molar-refractivity contribution in [2.75, 3.05) is 26.4 Å². The summed E-state index contributed by atoms with van der Waals surface area (Å²) in [6.45, 7) is -0.758. The lowest BCUT2D eigenvalue weighted by molar-refractivity contribution is -0.127. The second-order valence-corrected chi connectivity index (χ2v) is 2.08. The highest BCUT2D eigenvalue weighted by atomic mass is 16.3. The van der Waals surface area contributed by atoms with Crippen LogP contribution in [0.15, 0.2) is 0 Å². The van der Waals surface area contributed by atoms with Crippen LogP contribution in [0.25, 0.3) is 0 Å². The SMILES string of the molecule is O=C(NCCO)C(CO)CO. The maximum atomic E-state index is 10.8. The molecule has 4 N–H and O–H groups in total. The minimum atomic E-state index is -0.776. The van der Waals surface area contributed by atoms with Crippen molar-refractivity contribution < 1.29 is 20.1 Å². The second-order valence-electron chi connectivity index (χ2n) is 2.08. The molecule has 0 unspecified atom stereocenters. The summed E-state index contributed by atoms with van der Waals surface area (Å²) in [7, 11) is 0. The van der Waals surface area contributed by atoms with Crippen LogP contribution in [0.4, 0.5) is 0 Å². The van der Waals surface area contributed by atoms with Crippen molar-refractivity contribution in [1.29, 1.82) is 0 Å². The molecule has 0 saturated carbocycles. The van der Waals surface area contributed by atoms with Crippen LogP contribution in [0.3, 0.4) is 0 Å². The van der Waals surface area contributed by atoms with Gasteiger partial charge in [-0.15, -0.1) is 0 Å². The van der Waals surface area contributed by atoms with Crippen molar-refractivity contribution >= 4 is 5.91 Å². The Hall–Kier alpha value is -0.650. The van der Waals surface area contributed by atoms with E-state index in [1.165, 1.54) is 0 Å². The number of hydrogen-bond acceptors (Lipinski definition) is 4. The van der Waals surface area contributed by atoms with E-state index >= 15 is 0 Å². The van der Waals surface area contributed by atoms with E-state index in [9.17, 15) is 4.79 Å². The van der Waals surface area contributed by atoms with Crippen molar-refractivity contribution in [2.45, 2.75) is 0 Å². The minimum Gasteiger partial charge on any atom is -0.395 e. The quantitative estimate of drug-likeness (QED) is 0.367. The zero-order valence-electron chi connectivity index (χ0n) is 6.16. The first-order valence-corrected chi connectivity index (χ1v) is 3.36. The Morgan fingerprint density at radius 1 is 1.27 bits per heavy atom. The normalized spacial score (nSPS) is 10.2. The van der Waals surface area contributed by atoms with E-state index in [0.717, 1.165) is 0 Å². The van der Waals surface area contributed by atoms with Crippen molar-refractivity contribution in [3.63, 3.8) is 0 Å². The average Bonchev–Trinajstić information content (AvgIpc) is 2.03. The van der Waals surface area contributed by atoms with Crippen LogP contribution in [0.1, 0.15) is 0 Å². The Balaban J connectivity index is 3.61. The monoisotopic (exact) mass is 163 g/mol.